The summed E-state index contributed by atoms with van der Waals surface area (Å²) < 4.78 is 0. The van der Waals surface area contributed by atoms with E-state index in [2.05, 4.69) is 5.32 Å². The van der Waals surface area contributed by atoms with Gasteiger partial charge in [0.15, 0.2) is 0 Å². The van der Waals surface area contributed by atoms with E-state index in [9.17, 15) is 9.59 Å². The SMILES string of the molecule is Cc1ccc(NC2=C(c3ccc(Cl)cc3)C(=O)N(c3cccc(Cl)c3C)C2=O)c(C)c1. The minimum absolute atomic E-state index is 0.221. The minimum atomic E-state index is -0.430. The van der Waals surface area contributed by atoms with E-state index in [1.165, 1.54) is 4.90 Å². The molecule has 1 N–H and O–H groups in total. The third-order valence-electron chi connectivity index (χ3n) is 5.34. The van der Waals surface area contributed by atoms with Crippen molar-refractivity contribution in [3.05, 3.63) is 98.7 Å². The van der Waals surface area contributed by atoms with Crippen LogP contribution in [-0.4, -0.2) is 11.8 Å². The van der Waals surface area contributed by atoms with Gasteiger partial charge in [-0.1, -0.05) is 59.1 Å². The van der Waals surface area contributed by atoms with Crippen LogP contribution in [0, 0.1) is 20.8 Å². The van der Waals surface area contributed by atoms with Crippen molar-refractivity contribution in [3.63, 3.8) is 0 Å². The zero-order chi connectivity index (χ0) is 22.3. The topological polar surface area (TPSA) is 49.4 Å². The van der Waals surface area contributed by atoms with Crippen molar-refractivity contribution in [2.45, 2.75) is 20.8 Å². The lowest BCUT2D eigenvalue weighted by Gasteiger charge is -2.18. The van der Waals surface area contributed by atoms with Crippen molar-refractivity contribution in [3.8, 4) is 0 Å². The molecule has 4 nitrogen and oxygen atoms in total. The zero-order valence-corrected chi connectivity index (χ0v) is 18.8. The minimum Gasteiger partial charge on any atom is -0.350 e. The second-order valence-electron chi connectivity index (χ2n) is 7.53. The Labute approximate surface area is 191 Å². The van der Waals surface area contributed by atoms with E-state index in [0.29, 0.717) is 32.4 Å². The number of carbonyl (C=O) groups is 2. The lowest BCUT2D eigenvalue weighted by Crippen LogP contribution is -2.33. The van der Waals surface area contributed by atoms with Gasteiger partial charge in [-0.3, -0.25) is 9.59 Å². The van der Waals surface area contributed by atoms with E-state index < -0.39 is 11.8 Å². The fourth-order valence-electron chi connectivity index (χ4n) is 3.68. The van der Waals surface area contributed by atoms with E-state index in [-0.39, 0.29) is 5.70 Å². The number of amides is 2. The predicted molar refractivity (Wildman–Crippen MR) is 127 cm³/mol. The number of benzene rings is 3. The first-order chi connectivity index (χ1) is 14.8. The average molecular weight is 451 g/mol. The number of nitrogens with zero attached hydrogens (tertiary/aromatic N) is 1. The Morgan fingerprint density at radius 3 is 2.23 bits per heavy atom. The third-order valence-corrected chi connectivity index (χ3v) is 6.00. The summed E-state index contributed by atoms with van der Waals surface area (Å²) in [5, 5.41) is 4.25. The summed E-state index contributed by atoms with van der Waals surface area (Å²) >= 11 is 12.3. The molecule has 0 saturated heterocycles. The molecule has 3 aromatic carbocycles. The van der Waals surface area contributed by atoms with E-state index >= 15 is 0 Å². The van der Waals surface area contributed by atoms with Gasteiger partial charge in [-0.2, -0.15) is 0 Å². The summed E-state index contributed by atoms with van der Waals surface area (Å²) in [5.41, 5.74) is 5.09. The molecule has 31 heavy (non-hydrogen) atoms. The lowest BCUT2D eigenvalue weighted by atomic mass is 10.0. The van der Waals surface area contributed by atoms with Gasteiger partial charge in [-0.25, -0.2) is 4.90 Å². The molecule has 0 aliphatic carbocycles. The first-order valence-electron chi connectivity index (χ1n) is 9.76. The molecule has 0 radical (unpaired) electrons. The summed E-state index contributed by atoms with van der Waals surface area (Å²) in [6.07, 6.45) is 0. The Kier molecular flexibility index (Phi) is 5.61. The summed E-state index contributed by atoms with van der Waals surface area (Å²) in [4.78, 5) is 28.2. The van der Waals surface area contributed by atoms with Crippen LogP contribution in [0.15, 0.2) is 66.4 Å². The summed E-state index contributed by atoms with van der Waals surface area (Å²) in [6.45, 7) is 5.75. The van der Waals surface area contributed by atoms with Crippen LogP contribution in [-0.2, 0) is 9.59 Å². The van der Waals surface area contributed by atoms with Gasteiger partial charge in [-0.05, 0) is 67.8 Å². The van der Waals surface area contributed by atoms with E-state index in [0.717, 1.165) is 16.8 Å². The molecule has 2 amide bonds. The summed E-state index contributed by atoms with van der Waals surface area (Å²) in [5.74, 6) is -0.842. The van der Waals surface area contributed by atoms with Crippen molar-refractivity contribution < 1.29 is 9.59 Å². The zero-order valence-electron chi connectivity index (χ0n) is 17.3. The normalized spacial score (nSPS) is 13.9. The first-order valence-corrected chi connectivity index (χ1v) is 10.5. The van der Waals surface area contributed by atoms with Gasteiger partial charge < -0.3 is 5.32 Å². The molecule has 0 spiro atoms. The first kappa shape index (κ1) is 21.2. The second-order valence-corrected chi connectivity index (χ2v) is 8.37. The van der Waals surface area contributed by atoms with Gasteiger partial charge in [0.05, 0.1) is 11.3 Å². The van der Waals surface area contributed by atoms with Crippen LogP contribution < -0.4 is 10.2 Å². The highest BCUT2D eigenvalue weighted by Crippen LogP contribution is 2.37. The molecule has 0 unspecified atom stereocenters. The largest absolute Gasteiger partial charge is 0.350 e. The molecular formula is C25H20Cl2N2O2. The number of carbonyl (C=O) groups excluding carboxylic acids is 2. The number of anilines is 2. The predicted octanol–water partition coefficient (Wildman–Crippen LogP) is 6.32. The molecule has 1 aliphatic rings. The van der Waals surface area contributed by atoms with Crippen molar-refractivity contribution in [1.29, 1.82) is 0 Å². The number of imide groups is 1. The lowest BCUT2D eigenvalue weighted by molar-refractivity contribution is -0.120. The molecule has 1 aliphatic heterocycles. The molecule has 0 saturated carbocycles. The number of rotatable bonds is 4. The number of aryl methyl sites for hydroxylation is 2. The molecule has 0 atom stereocenters. The average Bonchev–Trinajstić information content (AvgIpc) is 2.97. The standard InChI is InChI=1S/C25H20Cl2N2O2/c1-14-7-12-20(15(2)13-14)28-23-22(17-8-10-18(26)11-9-17)24(30)29(25(23)31)21-6-4-5-19(27)16(21)3/h4-13,28H,1-3H3. The smallest absolute Gasteiger partial charge is 0.282 e. The number of nitrogens with one attached hydrogen (secondary N) is 1. The number of hydrogen-bond donors (Lipinski definition) is 1. The summed E-state index contributed by atoms with van der Waals surface area (Å²) in [7, 11) is 0. The van der Waals surface area contributed by atoms with Crippen molar-refractivity contribution >= 4 is 52.0 Å². The van der Waals surface area contributed by atoms with Crippen molar-refractivity contribution in [2.24, 2.45) is 0 Å². The van der Waals surface area contributed by atoms with Gasteiger partial charge >= 0.3 is 0 Å². The monoisotopic (exact) mass is 450 g/mol. The van der Waals surface area contributed by atoms with Crippen LogP contribution in [0.25, 0.3) is 5.57 Å². The quantitative estimate of drug-likeness (QED) is 0.473. The van der Waals surface area contributed by atoms with E-state index in [1.807, 2.05) is 32.0 Å². The van der Waals surface area contributed by atoms with Crippen LogP contribution in [0.1, 0.15) is 22.3 Å². The Balaban J connectivity index is 1.87. The Hall–Kier alpha value is -3.08. The Morgan fingerprint density at radius 1 is 0.839 bits per heavy atom. The molecule has 0 fully saturated rings. The molecule has 6 heteroatoms. The highest BCUT2D eigenvalue weighted by molar-refractivity contribution is 6.46. The second kappa shape index (κ2) is 8.22. The maximum Gasteiger partial charge on any atom is 0.282 e. The van der Waals surface area contributed by atoms with Gasteiger partial charge in [0.25, 0.3) is 11.8 Å². The maximum atomic E-state index is 13.5. The maximum absolute atomic E-state index is 13.5. The third kappa shape index (κ3) is 3.85. The van der Waals surface area contributed by atoms with Gasteiger partial charge in [-0.15, -0.1) is 0 Å². The highest BCUT2D eigenvalue weighted by atomic mass is 35.5. The number of hydrogen-bond acceptors (Lipinski definition) is 3. The molecule has 3 aromatic rings. The molecule has 156 valence electrons. The highest BCUT2D eigenvalue weighted by Gasteiger charge is 2.41. The van der Waals surface area contributed by atoms with Gasteiger partial charge in [0.2, 0.25) is 0 Å². The van der Waals surface area contributed by atoms with Crippen LogP contribution >= 0.6 is 23.2 Å². The molecule has 4 rings (SSSR count). The van der Waals surface area contributed by atoms with Gasteiger partial charge in [0, 0.05) is 15.7 Å². The van der Waals surface area contributed by atoms with Gasteiger partial charge in [0.1, 0.15) is 5.70 Å². The fraction of sp³-hybridized carbons (Fsp3) is 0.120. The number of halogens is 2. The van der Waals surface area contributed by atoms with Crippen molar-refractivity contribution in [1.82, 2.24) is 0 Å². The fourth-order valence-corrected chi connectivity index (χ4v) is 3.97. The van der Waals surface area contributed by atoms with Crippen LogP contribution in [0.4, 0.5) is 11.4 Å². The summed E-state index contributed by atoms with van der Waals surface area (Å²) in [6, 6.07) is 17.9. The Morgan fingerprint density at radius 2 is 1.55 bits per heavy atom. The molecule has 0 bridgehead atoms. The van der Waals surface area contributed by atoms with Crippen LogP contribution in [0.3, 0.4) is 0 Å². The van der Waals surface area contributed by atoms with Crippen molar-refractivity contribution in [2.75, 3.05) is 10.2 Å². The molecule has 1 heterocycles. The van der Waals surface area contributed by atoms with E-state index in [1.54, 1.807) is 49.4 Å². The van der Waals surface area contributed by atoms with Crippen LogP contribution in [0.2, 0.25) is 10.0 Å². The van der Waals surface area contributed by atoms with Crippen LogP contribution in [0.5, 0.6) is 0 Å². The molecule has 0 aromatic heterocycles. The molecular weight excluding hydrogens is 431 g/mol. The Bertz CT molecular complexity index is 1250. The van der Waals surface area contributed by atoms with E-state index in [4.69, 9.17) is 23.2 Å².